The minimum Gasteiger partial charge on any atom is -0.355 e. The standard InChI is InChI=1S/C15H21ClN2O/c1-3-8-17-15(19)10(2)18-14-7-4-11-9-12(16)5-6-13(11)14/h5-6,9-10,14,18H,3-4,7-8H2,1-2H3,(H,17,19). The summed E-state index contributed by atoms with van der Waals surface area (Å²) in [4.78, 5) is 11.9. The molecule has 0 heterocycles. The van der Waals surface area contributed by atoms with Crippen LogP contribution in [0, 0.1) is 0 Å². The van der Waals surface area contributed by atoms with Crippen LogP contribution in [0.25, 0.3) is 0 Å². The van der Waals surface area contributed by atoms with Crippen molar-refractivity contribution in [3.63, 3.8) is 0 Å². The molecule has 1 aliphatic rings. The molecular weight excluding hydrogens is 260 g/mol. The Morgan fingerprint density at radius 2 is 2.32 bits per heavy atom. The molecule has 1 aromatic carbocycles. The van der Waals surface area contributed by atoms with Gasteiger partial charge in [-0.15, -0.1) is 0 Å². The fourth-order valence-corrected chi connectivity index (χ4v) is 2.73. The lowest BCUT2D eigenvalue weighted by atomic mass is 10.1. The van der Waals surface area contributed by atoms with Crippen molar-refractivity contribution in [1.82, 2.24) is 10.6 Å². The lowest BCUT2D eigenvalue weighted by Gasteiger charge is -2.20. The molecule has 1 amide bonds. The predicted molar refractivity (Wildman–Crippen MR) is 78.4 cm³/mol. The number of benzene rings is 1. The highest BCUT2D eigenvalue weighted by Gasteiger charge is 2.25. The van der Waals surface area contributed by atoms with E-state index < -0.39 is 0 Å². The SMILES string of the molecule is CCCNC(=O)C(C)NC1CCc2cc(Cl)ccc21. The molecule has 2 rings (SSSR count). The lowest BCUT2D eigenvalue weighted by Crippen LogP contribution is -2.43. The van der Waals surface area contributed by atoms with Crippen molar-refractivity contribution in [3.8, 4) is 0 Å². The normalized spacial score (nSPS) is 19.0. The summed E-state index contributed by atoms with van der Waals surface area (Å²) in [6.07, 6.45) is 3.02. The molecule has 0 aromatic heterocycles. The number of aryl methyl sites for hydroxylation is 1. The van der Waals surface area contributed by atoms with Gasteiger partial charge in [-0.2, -0.15) is 0 Å². The number of nitrogens with one attached hydrogen (secondary N) is 2. The van der Waals surface area contributed by atoms with Crippen molar-refractivity contribution < 1.29 is 4.79 Å². The zero-order chi connectivity index (χ0) is 13.8. The van der Waals surface area contributed by atoms with Crippen LogP contribution in [0.5, 0.6) is 0 Å². The smallest absolute Gasteiger partial charge is 0.236 e. The van der Waals surface area contributed by atoms with Crippen molar-refractivity contribution in [2.24, 2.45) is 0 Å². The van der Waals surface area contributed by atoms with Crippen LogP contribution < -0.4 is 10.6 Å². The van der Waals surface area contributed by atoms with Crippen LogP contribution in [-0.4, -0.2) is 18.5 Å². The molecule has 0 aliphatic heterocycles. The van der Waals surface area contributed by atoms with Crippen molar-refractivity contribution >= 4 is 17.5 Å². The first kappa shape index (κ1) is 14.4. The monoisotopic (exact) mass is 280 g/mol. The number of carbonyl (C=O) groups is 1. The van der Waals surface area contributed by atoms with Crippen molar-refractivity contribution in [3.05, 3.63) is 34.3 Å². The van der Waals surface area contributed by atoms with Crippen molar-refractivity contribution in [1.29, 1.82) is 0 Å². The Hall–Kier alpha value is -1.06. The fourth-order valence-electron chi connectivity index (χ4n) is 2.54. The molecular formula is C15H21ClN2O. The number of amides is 1. The molecule has 0 saturated carbocycles. The number of halogens is 1. The summed E-state index contributed by atoms with van der Waals surface area (Å²) in [5.41, 5.74) is 2.57. The highest BCUT2D eigenvalue weighted by atomic mass is 35.5. The van der Waals surface area contributed by atoms with E-state index in [1.54, 1.807) is 0 Å². The number of fused-ring (bicyclic) bond motifs is 1. The van der Waals surface area contributed by atoms with Crippen LogP contribution in [0.2, 0.25) is 5.02 Å². The van der Waals surface area contributed by atoms with E-state index in [-0.39, 0.29) is 18.0 Å². The molecule has 0 bridgehead atoms. The Morgan fingerprint density at radius 1 is 1.53 bits per heavy atom. The molecule has 1 aromatic rings. The number of rotatable bonds is 5. The summed E-state index contributed by atoms with van der Waals surface area (Å²) in [5, 5.41) is 7.11. The highest BCUT2D eigenvalue weighted by Crippen LogP contribution is 2.33. The first-order valence-electron chi connectivity index (χ1n) is 6.94. The maximum Gasteiger partial charge on any atom is 0.236 e. The minimum absolute atomic E-state index is 0.0734. The second kappa shape index (κ2) is 6.40. The summed E-state index contributed by atoms with van der Waals surface area (Å²) in [7, 11) is 0. The Morgan fingerprint density at radius 3 is 3.05 bits per heavy atom. The average Bonchev–Trinajstić information content (AvgIpc) is 2.78. The lowest BCUT2D eigenvalue weighted by molar-refractivity contribution is -0.122. The molecule has 2 atom stereocenters. The summed E-state index contributed by atoms with van der Waals surface area (Å²) < 4.78 is 0. The van der Waals surface area contributed by atoms with Gasteiger partial charge in [-0.05, 0) is 49.4 Å². The second-order valence-corrected chi connectivity index (χ2v) is 5.55. The molecule has 104 valence electrons. The van der Waals surface area contributed by atoms with E-state index in [2.05, 4.69) is 23.6 Å². The van der Waals surface area contributed by atoms with E-state index in [4.69, 9.17) is 11.6 Å². The molecule has 3 nitrogen and oxygen atoms in total. The third-order valence-electron chi connectivity index (χ3n) is 3.58. The summed E-state index contributed by atoms with van der Waals surface area (Å²) in [6.45, 7) is 4.70. The Bertz CT molecular complexity index is 461. The maximum absolute atomic E-state index is 11.9. The molecule has 0 spiro atoms. The Balaban J connectivity index is 1.97. The van der Waals surface area contributed by atoms with Gasteiger partial charge in [0.25, 0.3) is 0 Å². The van der Waals surface area contributed by atoms with E-state index in [9.17, 15) is 4.79 Å². The van der Waals surface area contributed by atoms with Gasteiger partial charge >= 0.3 is 0 Å². The average molecular weight is 281 g/mol. The van der Waals surface area contributed by atoms with E-state index in [0.29, 0.717) is 0 Å². The van der Waals surface area contributed by atoms with Crippen LogP contribution in [-0.2, 0) is 11.2 Å². The summed E-state index contributed by atoms with van der Waals surface area (Å²) in [5.74, 6) is 0.0734. The number of hydrogen-bond acceptors (Lipinski definition) is 2. The van der Waals surface area contributed by atoms with Gasteiger partial charge in [0.2, 0.25) is 5.91 Å². The first-order chi connectivity index (χ1) is 9.11. The highest BCUT2D eigenvalue weighted by molar-refractivity contribution is 6.30. The molecule has 2 unspecified atom stereocenters. The van der Waals surface area contributed by atoms with E-state index in [1.807, 2.05) is 19.1 Å². The van der Waals surface area contributed by atoms with Gasteiger partial charge in [-0.3, -0.25) is 10.1 Å². The van der Waals surface area contributed by atoms with Gasteiger partial charge in [0, 0.05) is 17.6 Å². The molecule has 19 heavy (non-hydrogen) atoms. The molecule has 4 heteroatoms. The zero-order valence-corrected chi connectivity index (χ0v) is 12.3. The van der Waals surface area contributed by atoms with Crippen molar-refractivity contribution in [2.75, 3.05) is 6.54 Å². The van der Waals surface area contributed by atoms with Crippen LogP contribution in [0.1, 0.15) is 43.9 Å². The largest absolute Gasteiger partial charge is 0.355 e. The first-order valence-corrected chi connectivity index (χ1v) is 7.31. The zero-order valence-electron chi connectivity index (χ0n) is 11.5. The summed E-state index contributed by atoms with van der Waals surface area (Å²) >= 11 is 6.00. The topological polar surface area (TPSA) is 41.1 Å². The molecule has 2 N–H and O–H groups in total. The van der Waals surface area contributed by atoms with Gasteiger partial charge in [0.15, 0.2) is 0 Å². The van der Waals surface area contributed by atoms with E-state index in [1.165, 1.54) is 11.1 Å². The van der Waals surface area contributed by atoms with Crippen molar-refractivity contribution in [2.45, 2.75) is 45.2 Å². The third-order valence-corrected chi connectivity index (χ3v) is 3.81. The fraction of sp³-hybridized carbons (Fsp3) is 0.533. The Labute approximate surface area is 119 Å². The van der Waals surface area contributed by atoms with Gasteiger partial charge < -0.3 is 5.32 Å². The molecule has 0 radical (unpaired) electrons. The van der Waals surface area contributed by atoms with Crippen LogP contribution >= 0.6 is 11.6 Å². The number of carbonyl (C=O) groups excluding carboxylic acids is 1. The predicted octanol–water partition coefficient (Wildman–Crippen LogP) is 2.83. The molecule has 1 aliphatic carbocycles. The maximum atomic E-state index is 11.9. The Kier molecular flexibility index (Phi) is 4.83. The van der Waals surface area contributed by atoms with Crippen LogP contribution in [0.3, 0.4) is 0 Å². The van der Waals surface area contributed by atoms with E-state index in [0.717, 1.165) is 30.8 Å². The van der Waals surface area contributed by atoms with Gasteiger partial charge in [-0.25, -0.2) is 0 Å². The molecule has 0 fully saturated rings. The number of hydrogen-bond donors (Lipinski definition) is 2. The van der Waals surface area contributed by atoms with Crippen LogP contribution in [0.4, 0.5) is 0 Å². The van der Waals surface area contributed by atoms with Gasteiger partial charge in [-0.1, -0.05) is 24.6 Å². The second-order valence-electron chi connectivity index (χ2n) is 5.11. The van der Waals surface area contributed by atoms with Gasteiger partial charge in [0.05, 0.1) is 6.04 Å². The van der Waals surface area contributed by atoms with Gasteiger partial charge in [0.1, 0.15) is 0 Å². The van der Waals surface area contributed by atoms with E-state index >= 15 is 0 Å². The quantitative estimate of drug-likeness (QED) is 0.871. The van der Waals surface area contributed by atoms with Crippen LogP contribution in [0.15, 0.2) is 18.2 Å². The minimum atomic E-state index is -0.168. The molecule has 0 saturated heterocycles. The summed E-state index contributed by atoms with van der Waals surface area (Å²) in [6, 6.07) is 6.11. The third kappa shape index (κ3) is 3.48.